The number of nitrogens with one attached hydrogen (secondary N) is 2. The van der Waals surface area contributed by atoms with E-state index in [9.17, 15) is 29.1 Å². The van der Waals surface area contributed by atoms with E-state index in [2.05, 4.69) is 10.6 Å². The average Bonchev–Trinajstić information content (AvgIpc) is 3.15. The van der Waals surface area contributed by atoms with Gasteiger partial charge in [0.15, 0.2) is 5.78 Å². The molecule has 0 unspecified atom stereocenters. The Bertz CT molecular complexity index is 1870. The fourth-order valence-electron chi connectivity index (χ4n) is 4.88. The zero-order valence-electron chi connectivity index (χ0n) is 29.4. The third kappa shape index (κ3) is 12.4. The number of halogens is 2. The van der Waals surface area contributed by atoms with Crippen LogP contribution in [0.15, 0.2) is 103 Å². The van der Waals surface area contributed by atoms with Gasteiger partial charge in [-0.15, -0.1) is 0 Å². The fraction of sp³-hybridized carbons (Fsp3) is 0.270. The highest BCUT2D eigenvalue weighted by atomic mass is 35.5. The highest BCUT2D eigenvalue weighted by Crippen LogP contribution is 2.54. The maximum atomic E-state index is 14.8. The molecule has 2 N–H and O–H groups in total. The fourth-order valence-corrected chi connectivity index (χ4v) is 7.72. The Labute approximate surface area is 326 Å². The van der Waals surface area contributed by atoms with Crippen LogP contribution in [0.5, 0.6) is 11.5 Å². The number of benzene rings is 4. The molecule has 0 heterocycles. The average molecular weight is 819 g/mol. The van der Waals surface area contributed by atoms with Crippen molar-refractivity contribution in [2.24, 2.45) is 5.92 Å². The number of hydrogen-bond acceptors (Lipinski definition) is 11. The van der Waals surface area contributed by atoms with E-state index in [1.54, 1.807) is 38.1 Å². The molecule has 0 aliphatic rings. The number of thioether (sulfide) groups is 1. The van der Waals surface area contributed by atoms with Gasteiger partial charge in [0.2, 0.25) is 6.10 Å². The predicted molar refractivity (Wildman–Crippen MR) is 207 cm³/mol. The normalized spacial score (nSPS) is 12.9. The molecule has 0 bridgehead atoms. The number of rotatable bonds is 18. The summed E-state index contributed by atoms with van der Waals surface area (Å²) in [4.78, 5) is 51.6. The van der Waals surface area contributed by atoms with Crippen molar-refractivity contribution in [1.29, 1.82) is 0 Å². The summed E-state index contributed by atoms with van der Waals surface area (Å²) in [5, 5.41) is 17.4. The molecular weight excluding hydrogens is 780 g/mol. The second-order valence-corrected chi connectivity index (χ2v) is 15.9. The Morgan fingerprint density at radius 1 is 0.833 bits per heavy atom. The number of carbonyl (C=O) groups excluding carboxylic acids is 3. The smallest absolute Gasteiger partial charge is 0.446 e. The zero-order chi connectivity index (χ0) is 39.3. The Morgan fingerprint density at radius 2 is 1.39 bits per heavy atom. The van der Waals surface area contributed by atoms with E-state index >= 15 is 0 Å². The minimum atomic E-state index is -4.41. The molecule has 17 heteroatoms. The van der Waals surface area contributed by atoms with Gasteiger partial charge in [-0.25, -0.2) is 14.2 Å². The van der Waals surface area contributed by atoms with Crippen LogP contribution in [0.3, 0.4) is 0 Å². The number of esters is 1. The number of nitro groups is 1. The standard InChI is InChI=1S/C37H38Cl2N3O10PS/c1-24(2)35(53(48,51-30-17-11-27(38)12-18-30)52-31-19-13-28(39)14-20-31)41-34(43)33(26-9-15-29(16-10-26)42(46)47)50-36(44)32(21-22-54-3)40-37(45)49-23-25-7-5-4-6-8-25/h4-20,24,32-33,35H,21-23H2,1-3H3,(H,40,45)(H,41,43)/t32-,33-,35-/m0/s1. The van der Waals surface area contributed by atoms with Crippen LogP contribution in [-0.4, -0.2) is 46.7 Å². The Balaban J connectivity index is 1.65. The van der Waals surface area contributed by atoms with Crippen molar-refractivity contribution < 1.29 is 42.4 Å². The molecule has 4 rings (SSSR count). The van der Waals surface area contributed by atoms with Gasteiger partial charge in [-0.2, -0.15) is 11.8 Å². The Kier molecular flexibility index (Phi) is 15.6. The van der Waals surface area contributed by atoms with Gasteiger partial charge in [0.25, 0.3) is 11.6 Å². The lowest BCUT2D eigenvalue weighted by Crippen LogP contribution is -2.46. The second kappa shape index (κ2) is 20.1. The molecule has 3 atom stereocenters. The van der Waals surface area contributed by atoms with Crippen LogP contribution in [0.1, 0.15) is 37.5 Å². The summed E-state index contributed by atoms with van der Waals surface area (Å²) in [6, 6.07) is 24.5. The minimum absolute atomic E-state index is 0.0521. The first kappa shape index (κ1) is 42.0. The molecular formula is C37H38Cl2N3O10PS. The van der Waals surface area contributed by atoms with Crippen LogP contribution < -0.4 is 19.7 Å². The molecule has 0 saturated heterocycles. The van der Waals surface area contributed by atoms with Crippen LogP contribution in [0.4, 0.5) is 10.5 Å². The first-order valence-corrected chi connectivity index (χ1v) is 20.3. The third-order valence-electron chi connectivity index (χ3n) is 7.63. The predicted octanol–water partition coefficient (Wildman–Crippen LogP) is 8.98. The largest absolute Gasteiger partial charge is 0.453 e. The van der Waals surface area contributed by atoms with Gasteiger partial charge in [0.1, 0.15) is 24.1 Å². The summed E-state index contributed by atoms with van der Waals surface area (Å²) < 4.78 is 37.9. The van der Waals surface area contributed by atoms with Crippen molar-refractivity contribution in [1.82, 2.24) is 10.6 Å². The Hall–Kier alpha value is -4.75. The molecule has 0 spiro atoms. The summed E-state index contributed by atoms with van der Waals surface area (Å²) in [6.07, 6.45) is -0.704. The van der Waals surface area contributed by atoms with Crippen molar-refractivity contribution in [2.75, 3.05) is 12.0 Å². The van der Waals surface area contributed by atoms with Crippen LogP contribution in [0.2, 0.25) is 10.0 Å². The maximum Gasteiger partial charge on any atom is 0.453 e. The monoisotopic (exact) mass is 817 g/mol. The van der Waals surface area contributed by atoms with Crippen LogP contribution in [-0.2, 0) is 30.2 Å². The lowest BCUT2D eigenvalue weighted by molar-refractivity contribution is -0.384. The quantitative estimate of drug-likeness (QED) is 0.0425. The van der Waals surface area contributed by atoms with Gasteiger partial charge in [0.05, 0.1) is 4.92 Å². The summed E-state index contributed by atoms with van der Waals surface area (Å²) in [5.74, 6) is -3.23. The molecule has 0 saturated carbocycles. The number of nitro benzene ring substituents is 1. The summed E-state index contributed by atoms with van der Waals surface area (Å²) in [7, 11) is -4.41. The summed E-state index contributed by atoms with van der Waals surface area (Å²) in [5.41, 5.74) is 0.501. The summed E-state index contributed by atoms with van der Waals surface area (Å²) in [6.45, 7) is 3.28. The first-order valence-electron chi connectivity index (χ1n) is 16.5. The van der Waals surface area contributed by atoms with Crippen molar-refractivity contribution in [2.45, 2.75) is 44.8 Å². The molecule has 0 fully saturated rings. The number of nitrogens with zero attached hydrogens (tertiary/aromatic N) is 1. The Morgan fingerprint density at radius 3 is 1.89 bits per heavy atom. The first-order chi connectivity index (χ1) is 25.8. The number of amides is 2. The van der Waals surface area contributed by atoms with Crippen molar-refractivity contribution in [3.63, 3.8) is 0 Å². The van der Waals surface area contributed by atoms with Gasteiger partial charge in [-0.05, 0) is 90.6 Å². The van der Waals surface area contributed by atoms with E-state index in [1.807, 2.05) is 12.3 Å². The topological polar surface area (TPSA) is 172 Å². The van der Waals surface area contributed by atoms with Crippen molar-refractivity contribution in [3.05, 3.63) is 134 Å². The number of hydrogen-bond donors (Lipinski definition) is 2. The molecule has 54 heavy (non-hydrogen) atoms. The maximum absolute atomic E-state index is 14.8. The molecule has 4 aromatic carbocycles. The lowest BCUT2D eigenvalue weighted by atomic mass is 10.1. The summed E-state index contributed by atoms with van der Waals surface area (Å²) >= 11 is 13.5. The molecule has 0 aliphatic heterocycles. The van der Waals surface area contributed by atoms with Crippen LogP contribution in [0, 0.1) is 16.0 Å². The van der Waals surface area contributed by atoms with E-state index in [4.69, 9.17) is 41.7 Å². The molecule has 2 amide bonds. The van der Waals surface area contributed by atoms with E-state index in [-0.39, 0.29) is 35.8 Å². The number of non-ortho nitro benzene ring substituents is 1. The zero-order valence-corrected chi connectivity index (χ0v) is 32.6. The third-order valence-corrected chi connectivity index (χ3v) is 11.1. The number of ether oxygens (including phenoxy) is 2. The van der Waals surface area contributed by atoms with Gasteiger partial charge in [-0.3, -0.25) is 14.9 Å². The highest BCUT2D eigenvalue weighted by molar-refractivity contribution is 7.98. The molecule has 4 aromatic rings. The molecule has 286 valence electrons. The van der Waals surface area contributed by atoms with E-state index in [0.717, 1.165) is 17.7 Å². The van der Waals surface area contributed by atoms with Crippen molar-refractivity contribution >= 4 is 66.2 Å². The van der Waals surface area contributed by atoms with E-state index in [0.29, 0.717) is 15.8 Å². The van der Waals surface area contributed by atoms with Crippen LogP contribution >= 0.6 is 42.6 Å². The van der Waals surface area contributed by atoms with E-state index < -0.39 is 54.3 Å². The van der Waals surface area contributed by atoms with Gasteiger partial charge < -0.3 is 29.2 Å². The number of alkyl carbamates (subject to hydrolysis) is 1. The van der Waals surface area contributed by atoms with Gasteiger partial charge >= 0.3 is 19.7 Å². The lowest BCUT2D eigenvalue weighted by Gasteiger charge is -2.31. The van der Waals surface area contributed by atoms with Gasteiger partial charge in [0, 0.05) is 27.7 Å². The SMILES string of the molecule is CSCC[C@H](NC(=O)OCc1ccccc1)C(=O)O[C@H](C(=O)N[C@H](C(C)C)P(=O)(Oc1ccc(Cl)cc1)Oc1ccc(Cl)cc1)c1ccc([N+](=O)[O-])cc1. The van der Waals surface area contributed by atoms with Crippen LogP contribution in [0.25, 0.3) is 0 Å². The second-order valence-electron chi connectivity index (χ2n) is 12.0. The number of carbonyl (C=O) groups is 3. The molecule has 13 nitrogen and oxygen atoms in total. The van der Waals surface area contributed by atoms with Gasteiger partial charge in [-0.1, -0.05) is 67.4 Å². The van der Waals surface area contributed by atoms with E-state index in [1.165, 1.54) is 72.4 Å². The highest BCUT2D eigenvalue weighted by Gasteiger charge is 2.44. The molecule has 0 aromatic heterocycles. The minimum Gasteiger partial charge on any atom is -0.446 e. The molecule has 0 radical (unpaired) electrons. The molecule has 0 aliphatic carbocycles. The van der Waals surface area contributed by atoms with Crippen molar-refractivity contribution in [3.8, 4) is 11.5 Å².